The third kappa shape index (κ3) is 3.04. The summed E-state index contributed by atoms with van der Waals surface area (Å²) in [6.45, 7) is 1.90. The second-order valence-electron chi connectivity index (χ2n) is 4.25. The molecule has 0 saturated carbocycles. The Hall–Kier alpha value is -1.41. The van der Waals surface area contributed by atoms with Crippen molar-refractivity contribution < 1.29 is 5.11 Å². The van der Waals surface area contributed by atoms with Crippen LogP contribution in [0, 0.1) is 6.92 Å². The third-order valence-corrected chi connectivity index (χ3v) is 3.36. The monoisotopic (exact) mass is 244 g/mol. The van der Waals surface area contributed by atoms with Crippen LogP contribution < -0.4 is 0 Å². The molecule has 2 rings (SSSR count). The summed E-state index contributed by atoms with van der Waals surface area (Å²) < 4.78 is 0. The quantitative estimate of drug-likeness (QED) is 0.784. The Bertz CT molecular complexity index is 494. The Balaban J connectivity index is 2.14. The zero-order valence-corrected chi connectivity index (χ0v) is 10.7. The van der Waals surface area contributed by atoms with Crippen LogP contribution in [0.1, 0.15) is 21.9 Å². The van der Waals surface area contributed by atoms with Crippen LogP contribution in [0.5, 0.6) is 5.75 Å². The Morgan fingerprint density at radius 3 is 2.47 bits per heavy atom. The van der Waals surface area contributed by atoms with Crippen molar-refractivity contribution in [3.63, 3.8) is 0 Å². The van der Waals surface area contributed by atoms with E-state index < -0.39 is 0 Å². The van der Waals surface area contributed by atoms with Gasteiger partial charge in [0.05, 0.1) is 0 Å². The second-order valence-corrected chi connectivity index (χ2v) is 4.87. The lowest BCUT2D eigenvalue weighted by Crippen LogP contribution is -1.96. The molecule has 1 nitrogen and oxygen atoms in total. The van der Waals surface area contributed by atoms with Gasteiger partial charge in [0.2, 0.25) is 0 Å². The van der Waals surface area contributed by atoms with Crippen LogP contribution in [0.4, 0.5) is 0 Å². The van der Waals surface area contributed by atoms with E-state index in [4.69, 9.17) is 0 Å². The number of aromatic hydroxyl groups is 1. The van der Waals surface area contributed by atoms with Crippen LogP contribution in [-0.4, -0.2) is 5.11 Å². The van der Waals surface area contributed by atoms with E-state index in [1.54, 1.807) is 6.07 Å². The molecule has 0 aromatic heterocycles. The first-order valence-corrected chi connectivity index (χ1v) is 6.20. The van der Waals surface area contributed by atoms with E-state index in [1.165, 1.54) is 5.56 Å². The van der Waals surface area contributed by atoms with Gasteiger partial charge >= 0.3 is 0 Å². The van der Waals surface area contributed by atoms with Crippen LogP contribution in [0.25, 0.3) is 0 Å². The van der Waals surface area contributed by atoms with Crippen molar-refractivity contribution in [3.8, 4) is 5.75 Å². The molecule has 88 valence electrons. The normalized spacial score (nSPS) is 12.4. The van der Waals surface area contributed by atoms with Gasteiger partial charge in [-0.1, -0.05) is 42.5 Å². The molecule has 2 heteroatoms. The minimum absolute atomic E-state index is 0.164. The zero-order valence-electron chi connectivity index (χ0n) is 9.80. The summed E-state index contributed by atoms with van der Waals surface area (Å²) in [5.41, 5.74) is 3.32. The van der Waals surface area contributed by atoms with Gasteiger partial charge in [0.15, 0.2) is 0 Å². The number of aryl methyl sites for hydroxylation is 1. The first kappa shape index (κ1) is 12.1. The number of rotatable bonds is 3. The van der Waals surface area contributed by atoms with Crippen LogP contribution in [0.3, 0.4) is 0 Å². The molecule has 2 aromatic carbocycles. The van der Waals surface area contributed by atoms with Crippen molar-refractivity contribution in [2.45, 2.75) is 18.6 Å². The van der Waals surface area contributed by atoms with E-state index in [1.807, 2.05) is 37.3 Å². The predicted molar refractivity (Wildman–Crippen MR) is 74.7 cm³/mol. The Morgan fingerprint density at radius 1 is 1.12 bits per heavy atom. The van der Waals surface area contributed by atoms with Gasteiger partial charge in [0.1, 0.15) is 5.75 Å². The highest BCUT2D eigenvalue weighted by atomic mass is 32.1. The first-order valence-electron chi connectivity index (χ1n) is 5.68. The molecule has 17 heavy (non-hydrogen) atoms. The zero-order chi connectivity index (χ0) is 12.3. The van der Waals surface area contributed by atoms with Crippen LogP contribution in [0.2, 0.25) is 0 Å². The van der Waals surface area contributed by atoms with Crippen molar-refractivity contribution in [2.75, 3.05) is 0 Å². The lowest BCUT2D eigenvalue weighted by Gasteiger charge is -2.12. The molecule has 1 unspecified atom stereocenters. The fourth-order valence-electron chi connectivity index (χ4n) is 1.84. The van der Waals surface area contributed by atoms with Gasteiger partial charge in [0, 0.05) is 5.25 Å². The molecular weight excluding hydrogens is 228 g/mol. The Labute approximate surface area is 108 Å². The van der Waals surface area contributed by atoms with E-state index in [9.17, 15) is 5.11 Å². The minimum atomic E-state index is 0.164. The number of phenols is 1. The molecule has 0 radical (unpaired) electrons. The lowest BCUT2D eigenvalue weighted by atomic mass is 10.0. The maximum Gasteiger partial charge on any atom is 0.118 e. The molecule has 0 aliphatic heterocycles. The standard InChI is InChI=1S/C15H16OS/c1-11-9-13(7-8-14(11)16)15(17)10-12-5-3-2-4-6-12/h2-9,15-17H,10H2,1H3. The number of hydrogen-bond acceptors (Lipinski definition) is 2. The summed E-state index contributed by atoms with van der Waals surface area (Å²) in [4.78, 5) is 0. The average molecular weight is 244 g/mol. The Morgan fingerprint density at radius 2 is 1.82 bits per heavy atom. The molecule has 1 atom stereocenters. The molecule has 0 saturated heterocycles. The maximum absolute atomic E-state index is 9.49. The molecule has 0 aliphatic carbocycles. The van der Waals surface area contributed by atoms with Gasteiger partial charge in [-0.2, -0.15) is 12.6 Å². The summed E-state index contributed by atoms with van der Waals surface area (Å²) in [7, 11) is 0. The summed E-state index contributed by atoms with van der Waals surface area (Å²) in [6, 6.07) is 16.0. The topological polar surface area (TPSA) is 20.2 Å². The van der Waals surface area contributed by atoms with Gasteiger partial charge in [-0.05, 0) is 36.1 Å². The smallest absolute Gasteiger partial charge is 0.118 e. The van der Waals surface area contributed by atoms with Crippen molar-refractivity contribution in [1.29, 1.82) is 0 Å². The second kappa shape index (κ2) is 5.28. The molecule has 0 amide bonds. The summed E-state index contributed by atoms with van der Waals surface area (Å²) in [5, 5.41) is 9.65. The van der Waals surface area contributed by atoms with Gasteiger partial charge in [0.25, 0.3) is 0 Å². The van der Waals surface area contributed by atoms with E-state index >= 15 is 0 Å². The first-order chi connectivity index (χ1) is 8.16. The average Bonchev–Trinajstić information content (AvgIpc) is 2.34. The maximum atomic E-state index is 9.49. The lowest BCUT2D eigenvalue weighted by molar-refractivity contribution is 0.471. The molecule has 2 aromatic rings. The van der Waals surface area contributed by atoms with Gasteiger partial charge in [-0.25, -0.2) is 0 Å². The van der Waals surface area contributed by atoms with E-state index in [0.29, 0.717) is 5.75 Å². The molecule has 0 spiro atoms. The van der Waals surface area contributed by atoms with Crippen molar-refractivity contribution >= 4 is 12.6 Å². The van der Waals surface area contributed by atoms with Gasteiger partial charge in [-0.3, -0.25) is 0 Å². The highest BCUT2D eigenvalue weighted by Crippen LogP contribution is 2.28. The number of phenolic OH excluding ortho intramolecular Hbond substituents is 1. The molecule has 0 heterocycles. The van der Waals surface area contributed by atoms with Crippen LogP contribution in [0.15, 0.2) is 48.5 Å². The fraction of sp³-hybridized carbons (Fsp3) is 0.200. The number of benzene rings is 2. The molecule has 0 aliphatic rings. The van der Waals surface area contributed by atoms with Crippen LogP contribution in [-0.2, 0) is 6.42 Å². The SMILES string of the molecule is Cc1cc(C(S)Cc2ccccc2)ccc1O. The molecular formula is C15H16OS. The largest absolute Gasteiger partial charge is 0.508 e. The third-order valence-electron chi connectivity index (χ3n) is 2.88. The van der Waals surface area contributed by atoms with Gasteiger partial charge < -0.3 is 5.11 Å². The van der Waals surface area contributed by atoms with E-state index in [2.05, 4.69) is 24.8 Å². The minimum Gasteiger partial charge on any atom is -0.508 e. The number of thiol groups is 1. The summed E-state index contributed by atoms with van der Waals surface area (Å²) >= 11 is 4.63. The van der Waals surface area contributed by atoms with E-state index in [0.717, 1.165) is 17.5 Å². The highest BCUT2D eigenvalue weighted by Gasteiger charge is 2.08. The van der Waals surface area contributed by atoms with Crippen molar-refractivity contribution in [2.24, 2.45) is 0 Å². The molecule has 0 bridgehead atoms. The van der Waals surface area contributed by atoms with Crippen LogP contribution >= 0.6 is 12.6 Å². The predicted octanol–water partition coefficient (Wildman–Crippen LogP) is 3.91. The molecule has 1 N–H and O–H groups in total. The number of hydrogen-bond donors (Lipinski definition) is 2. The van der Waals surface area contributed by atoms with Crippen molar-refractivity contribution in [3.05, 3.63) is 65.2 Å². The van der Waals surface area contributed by atoms with E-state index in [-0.39, 0.29) is 5.25 Å². The molecule has 0 fully saturated rings. The highest BCUT2D eigenvalue weighted by molar-refractivity contribution is 7.80. The summed E-state index contributed by atoms with van der Waals surface area (Å²) in [6.07, 6.45) is 0.897. The van der Waals surface area contributed by atoms with Gasteiger partial charge in [-0.15, -0.1) is 0 Å². The van der Waals surface area contributed by atoms with Crippen molar-refractivity contribution in [1.82, 2.24) is 0 Å². The summed E-state index contributed by atoms with van der Waals surface area (Å²) in [5.74, 6) is 0.342. The Kier molecular flexibility index (Phi) is 3.75. The fourth-order valence-corrected chi connectivity index (χ4v) is 2.21.